The summed E-state index contributed by atoms with van der Waals surface area (Å²) < 4.78 is 2.16. The predicted octanol–water partition coefficient (Wildman–Crippen LogP) is 3.17. The van der Waals surface area contributed by atoms with Crippen LogP contribution in [-0.4, -0.2) is 51.4 Å². The molecule has 1 atom stereocenters. The highest BCUT2D eigenvalue weighted by molar-refractivity contribution is 5.82. The molecule has 0 spiro atoms. The highest BCUT2D eigenvalue weighted by Gasteiger charge is 2.52. The van der Waals surface area contributed by atoms with Crippen LogP contribution < -0.4 is 0 Å². The van der Waals surface area contributed by atoms with E-state index in [0.717, 1.165) is 51.3 Å². The Labute approximate surface area is 166 Å². The number of amides is 1. The second-order valence-electron chi connectivity index (χ2n) is 8.64. The van der Waals surface area contributed by atoms with Gasteiger partial charge in [-0.15, -0.1) is 0 Å². The van der Waals surface area contributed by atoms with Gasteiger partial charge in [-0.2, -0.15) is 0 Å². The smallest absolute Gasteiger partial charge is 0.226 e. The van der Waals surface area contributed by atoms with Crippen molar-refractivity contribution in [3.8, 4) is 0 Å². The van der Waals surface area contributed by atoms with Gasteiger partial charge in [0.2, 0.25) is 5.91 Å². The SMILES string of the molecule is [C-]#[N+]c1ccc(Cn2cncc2CN2CCN(C(=O)C3CC3(C)C)CC2)cc1. The van der Waals surface area contributed by atoms with E-state index in [2.05, 4.69) is 33.1 Å². The van der Waals surface area contributed by atoms with Crippen LogP contribution in [0.5, 0.6) is 0 Å². The number of aromatic nitrogens is 2. The molecule has 1 aromatic heterocycles. The maximum atomic E-state index is 12.6. The molecule has 1 saturated carbocycles. The minimum absolute atomic E-state index is 0.202. The molecule has 28 heavy (non-hydrogen) atoms. The van der Waals surface area contributed by atoms with Crippen molar-refractivity contribution in [3.05, 3.63) is 59.5 Å². The fourth-order valence-electron chi connectivity index (χ4n) is 3.96. The molecule has 2 heterocycles. The molecular formula is C22H27N5O. The second-order valence-corrected chi connectivity index (χ2v) is 8.64. The molecule has 2 aromatic rings. The van der Waals surface area contributed by atoms with E-state index in [9.17, 15) is 4.79 Å². The number of piperazine rings is 1. The lowest BCUT2D eigenvalue weighted by Gasteiger charge is -2.35. The van der Waals surface area contributed by atoms with E-state index in [4.69, 9.17) is 6.57 Å². The Morgan fingerprint density at radius 3 is 2.46 bits per heavy atom. The molecule has 6 nitrogen and oxygen atoms in total. The van der Waals surface area contributed by atoms with Crippen LogP contribution in [0.3, 0.4) is 0 Å². The number of hydrogen-bond acceptors (Lipinski definition) is 3. The fourth-order valence-corrected chi connectivity index (χ4v) is 3.96. The molecule has 4 rings (SSSR count). The standard InChI is InChI=1S/C22H27N5O/c1-22(2)12-20(22)21(28)26-10-8-25(9-11-26)15-19-13-24-16-27(19)14-17-4-6-18(23-3)7-5-17/h4-7,13,16,20H,8-12,14-15H2,1-2H3. The average molecular weight is 377 g/mol. The Bertz CT molecular complexity index is 884. The van der Waals surface area contributed by atoms with Crippen molar-refractivity contribution in [1.29, 1.82) is 0 Å². The van der Waals surface area contributed by atoms with E-state index in [1.54, 1.807) is 0 Å². The van der Waals surface area contributed by atoms with Gasteiger partial charge >= 0.3 is 0 Å². The maximum absolute atomic E-state index is 12.6. The minimum Gasteiger partial charge on any atom is -0.340 e. The van der Waals surface area contributed by atoms with Crippen molar-refractivity contribution in [1.82, 2.24) is 19.4 Å². The number of imidazole rings is 1. The lowest BCUT2D eigenvalue weighted by molar-refractivity contribution is -0.135. The first kappa shape index (κ1) is 18.7. The minimum atomic E-state index is 0.202. The molecule has 1 amide bonds. The molecule has 2 aliphatic rings. The highest BCUT2D eigenvalue weighted by Crippen LogP contribution is 2.52. The molecule has 0 bridgehead atoms. The summed E-state index contributed by atoms with van der Waals surface area (Å²) in [4.78, 5) is 24.8. The van der Waals surface area contributed by atoms with E-state index >= 15 is 0 Å². The molecule has 146 valence electrons. The molecule has 0 N–H and O–H groups in total. The van der Waals surface area contributed by atoms with Crippen LogP contribution in [0.4, 0.5) is 5.69 Å². The normalized spacial score (nSPS) is 21.3. The summed E-state index contributed by atoms with van der Waals surface area (Å²) in [6.45, 7) is 16.5. The summed E-state index contributed by atoms with van der Waals surface area (Å²) in [7, 11) is 0. The average Bonchev–Trinajstić information content (AvgIpc) is 3.13. The second kappa shape index (κ2) is 7.40. The lowest BCUT2D eigenvalue weighted by atomic mass is 10.1. The van der Waals surface area contributed by atoms with E-state index in [-0.39, 0.29) is 11.3 Å². The fraction of sp³-hybridized carbons (Fsp3) is 0.500. The van der Waals surface area contributed by atoms with Crippen molar-refractivity contribution in [2.75, 3.05) is 26.2 Å². The van der Waals surface area contributed by atoms with Crippen LogP contribution in [-0.2, 0) is 17.9 Å². The molecular weight excluding hydrogens is 350 g/mol. The number of rotatable bonds is 5. The van der Waals surface area contributed by atoms with E-state index < -0.39 is 0 Å². The molecule has 1 aromatic carbocycles. The van der Waals surface area contributed by atoms with Gasteiger partial charge < -0.3 is 9.47 Å². The highest BCUT2D eigenvalue weighted by atomic mass is 16.2. The van der Waals surface area contributed by atoms with Crippen LogP contribution in [0.25, 0.3) is 4.85 Å². The summed E-state index contributed by atoms with van der Waals surface area (Å²) in [5, 5.41) is 0. The van der Waals surface area contributed by atoms with Crippen LogP contribution in [0, 0.1) is 17.9 Å². The Kier molecular flexibility index (Phi) is 4.94. The number of hydrogen-bond donors (Lipinski definition) is 0. The summed E-state index contributed by atoms with van der Waals surface area (Å²) in [6.07, 6.45) is 4.83. The van der Waals surface area contributed by atoms with Gasteiger partial charge in [-0.25, -0.2) is 9.83 Å². The Morgan fingerprint density at radius 1 is 1.18 bits per heavy atom. The van der Waals surface area contributed by atoms with Crippen LogP contribution >= 0.6 is 0 Å². The van der Waals surface area contributed by atoms with E-state index in [1.807, 2.05) is 41.7 Å². The predicted molar refractivity (Wildman–Crippen MR) is 108 cm³/mol. The van der Waals surface area contributed by atoms with Crippen molar-refractivity contribution >= 4 is 11.6 Å². The molecule has 6 heteroatoms. The van der Waals surface area contributed by atoms with Gasteiger partial charge in [0.15, 0.2) is 5.69 Å². The van der Waals surface area contributed by atoms with Gasteiger partial charge in [-0.1, -0.05) is 38.1 Å². The summed E-state index contributed by atoms with van der Waals surface area (Å²) >= 11 is 0. The molecule has 1 aliphatic carbocycles. The third kappa shape index (κ3) is 3.95. The summed E-state index contributed by atoms with van der Waals surface area (Å²) in [5.41, 5.74) is 3.20. The van der Waals surface area contributed by atoms with Gasteiger partial charge in [0.25, 0.3) is 0 Å². The molecule has 2 fully saturated rings. The van der Waals surface area contributed by atoms with Gasteiger partial charge in [0.05, 0.1) is 18.6 Å². The first-order valence-electron chi connectivity index (χ1n) is 9.93. The van der Waals surface area contributed by atoms with Crippen LogP contribution in [0.2, 0.25) is 0 Å². The van der Waals surface area contributed by atoms with Gasteiger partial charge in [0, 0.05) is 51.4 Å². The van der Waals surface area contributed by atoms with Crippen molar-refractivity contribution in [3.63, 3.8) is 0 Å². The zero-order valence-electron chi connectivity index (χ0n) is 16.6. The molecule has 1 saturated heterocycles. The van der Waals surface area contributed by atoms with Crippen molar-refractivity contribution < 1.29 is 4.79 Å². The zero-order valence-corrected chi connectivity index (χ0v) is 16.6. The largest absolute Gasteiger partial charge is 0.340 e. The molecule has 1 unspecified atom stereocenters. The van der Waals surface area contributed by atoms with Gasteiger partial charge in [0.1, 0.15) is 0 Å². The van der Waals surface area contributed by atoms with Crippen LogP contribution in [0.15, 0.2) is 36.8 Å². The first-order chi connectivity index (χ1) is 13.5. The monoisotopic (exact) mass is 377 g/mol. The van der Waals surface area contributed by atoms with Gasteiger partial charge in [-0.3, -0.25) is 9.69 Å². The van der Waals surface area contributed by atoms with Crippen LogP contribution in [0.1, 0.15) is 31.5 Å². The Morgan fingerprint density at radius 2 is 1.86 bits per heavy atom. The lowest BCUT2D eigenvalue weighted by Crippen LogP contribution is -2.49. The summed E-state index contributed by atoms with van der Waals surface area (Å²) in [5.74, 6) is 0.576. The van der Waals surface area contributed by atoms with Crippen molar-refractivity contribution in [2.45, 2.75) is 33.4 Å². The first-order valence-corrected chi connectivity index (χ1v) is 9.93. The Hall–Kier alpha value is -2.65. The zero-order chi connectivity index (χ0) is 19.7. The third-order valence-corrected chi connectivity index (χ3v) is 6.10. The third-order valence-electron chi connectivity index (χ3n) is 6.10. The Balaban J connectivity index is 1.32. The van der Waals surface area contributed by atoms with Gasteiger partial charge in [-0.05, 0) is 17.4 Å². The quantitative estimate of drug-likeness (QED) is 0.752. The van der Waals surface area contributed by atoms with Crippen molar-refractivity contribution in [2.24, 2.45) is 11.3 Å². The number of nitrogens with zero attached hydrogens (tertiary/aromatic N) is 5. The topological polar surface area (TPSA) is 45.7 Å². The summed E-state index contributed by atoms with van der Waals surface area (Å²) in [6, 6.07) is 7.72. The maximum Gasteiger partial charge on any atom is 0.226 e. The molecule has 0 radical (unpaired) electrons. The number of carbonyl (C=O) groups is 1. The number of benzene rings is 1. The van der Waals surface area contributed by atoms with E-state index in [1.165, 1.54) is 5.69 Å². The molecule has 1 aliphatic heterocycles. The van der Waals surface area contributed by atoms with E-state index in [0.29, 0.717) is 11.6 Å². The number of carbonyl (C=O) groups excluding carboxylic acids is 1.